The second-order valence-electron chi connectivity index (χ2n) is 6.97. The summed E-state index contributed by atoms with van der Waals surface area (Å²) in [5, 5.41) is 3.45. The molecule has 1 N–H and O–H groups in total. The maximum absolute atomic E-state index is 13.2. The van der Waals surface area contributed by atoms with Crippen LogP contribution in [0.1, 0.15) is 59.8 Å². The molecule has 0 heterocycles. The minimum Gasteiger partial charge on any atom is -0.316 e. The first-order valence-corrected chi connectivity index (χ1v) is 7.33. The highest BCUT2D eigenvalue weighted by Gasteiger charge is 2.41. The van der Waals surface area contributed by atoms with E-state index in [-0.39, 0.29) is 24.2 Å². The first-order chi connectivity index (χ1) is 8.24. The van der Waals surface area contributed by atoms with E-state index in [2.05, 4.69) is 33.0 Å². The number of halogens is 2. The monoisotopic (exact) mass is 261 g/mol. The molecule has 1 fully saturated rings. The molecule has 2 atom stereocenters. The predicted molar refractivity (Wildman–Crippen MR) is 73.0 cm³/mol. The van der Waals surface area contributed by atoms with E-state index in [9.17, 15) is 8.78 Å². The Hall–Kier alpha value is -0.180. The maximum Gasteiger partial charge on any atom is 0.248 e. The van der Waals surface area contributed by atoms with E-state index in [0.717, 1.165) is 25.9 Å². The third-order valence-corrected chi connectivity index (χ3v) is 4.17. The highest BCUT2D eigenvalue weighted by Crippen LogP contribution is 2.43. The van der Waals surface area contributed by atoms with Crippen LogP contribution in [0.5, 0.6) is 0 Å². The van der Waals surface area contributed by atoms with Crippen molar-refractivity contribution < 1.29 is 8.78 Å². The highest BCUT2D eigenvalue weighted by atomic mass is 19.3. The molecule has 108 valence electrons. The smallest absolute Gasteiger partial charge is 0.248 e. The van der Waals surface area contributed by atoms with Gasteiger partial charge in [0.05, 0.1) is 0 Å². The Labute approximate surface area is 111 Å². The van der Waals surface area contributed by atoms with Gasteiger partial charge in [-0.25, -0.2) is 8.78 Å². The van der Waals surface area contributed by atoms with Gasteiger partial charge in [0.15, 0.2) is 0 Å². The minimum absolute atomic E-state index is 0.0942. The summed E-state index contributed by atoms with van der Waals surface area (Å²) >= 11 is 0. The molecule has 0 amide bonds. The molecule has 0 aliphatic heterocycles. The minimum atomic E-state index is -2.40. The van der Waals surface area contributed by atoms with Gasteiger partial charge in [-0.3, -0.25) is 0 Å². The van der Waals surface area contributed by atoms with E-state index in [4.69, 9.17) is 0 Å². The molecular formula is C15H29F2N. The van der Waals surface area contributed by atoms with Gasteiger partial charge in [-0.2, -0.15) is 0 Å². The summed E-state index contributed by atoms with van der Waals surface area (Å²) in [5.74, 6) is -1.69. The van der Waals surface area contributed by atoms with Gasteiger partial charge in [0.1, 0.15) is 0 Å². The molecule has 18 heavy (non-hydrogen) atoms. The van der Waals surface area contributed by atoms with E-state index in [1.54, 1.807) is 0 Å². The van der Waals surface area contributed by atoms with Gasteiger partial charge in [0.2, 0.25) is 5.92 Å². The summed E-state index contributed by atoms with van der Waals surface area (Å²) in [6, 6.07) is 0. The summed E-state index contributed by atoms with van der Waals surface area (Å²) < 4.78 is 26.5. The van der Waals surface area contributed by atoms with Gasteiger partial charge in [-0.1, -0.05) is 27.7 Å². The molecule has 1 aliphatic rings. The molecule has 0 saturated heterocycles. The number of rotatable bonds is 6. The zero-order valence-electron chi connectivity index (χ0n) is 12.4. The van der Waals surface area contributed by atoms with Crippen molar-refractivity contribution >= 4 is 0 Å². The van der Waals surface area contributed by atoms with Crippen molar-refractivity contribution in [3.63, 3.8) is 0 Å². The molecule has 0 radical (unpaired) electrons. The fraction of sp³-hybridized carbons (Fsp3) is 1.00. The topological polar surface area (TPSA) is 12.0 Å². The van der Waals surface area contributed by atoms with Crippen LogP contribution in [0.3, 0.4) is 0 Å². The molecule has 0 aromatic heterocycles. The lowest BCUT2D eigenvalue weighted by Gasteiger charge is -2.33. The normalized spacial score (nSPS) is 25.3. The standard InChI is InChI=1S/C15H29F2N/c1-5-8-18-11-13(14(2,3)4)9-12-6-7-15(16,17)10-12/h12-13,18H,5-11H2,1-4H3. The molecule has 1 nitrogen and oxygen atoms in total. The molecule has 0 aromatic carbocycles. The number of alkyl halides is 2. The first kappa shape index (κ1) is 15.9. The Balaban J connectivity index is 2.46. The first-order valence-electron chi connectivity index (χ1n) is 7.33. The van der Waals surface area contributed by atoms with Gasteiger partial charge in [0, 0.05) is 12.8 Å². The van der Waals surface area contributed by atoms with Crippen LogP contribution in [0.2, 0.25) is 0 Å². The van der Waals surface area contributed by atoms with Crippen LogP contribution in [0.25, 0.3) is 0 Å². The van der Waals surface area contributed by atoms with Crippen molar-refractivity contribution in [3.05, 3.63) is 0 Å². The second-order valence-corrected chi connectivity index (χ2v) is 6.97. The van der Waals surface area contributed by atoms with Gasteiger partial charge in [-0.15, -0.1) is 0 Å². The van der Waals surface area contributed by atoms with Crippen molar-refractivity contribution in [2.24, 2.45) is 17.3 Å². The van der Waals surface area contributed by atoms with E-state index in [1.807, 2.05) is 0 Å². The van der Waals surface area contributed by atoms with Crippen molar-refractivity contribution in [1.82, 2.24) is 5.32 Å². The fourth-order valence-electron chi connectivity index (χ4n) is 2.84. The lowest BCUT2D eigenvalue weighted by Crippen LogP contribution is -2.33. The van der Waals surface area contributed by atoms with Crippen LogP contribution in [-0.2, 0) is 0 Å². The quantitative estimate of drug-likeness (QED) is 0.695. The summed E-state index contributed by atoms with van der Waals surface area (Å²) in [7, 11) is 0. The van der Waals surface area contributed by atoms with E-state index < -0.39 is 5.92 Å². The average molecular weight is 261 g/mol. The largest absolute Gasteiger partial charge is 0.316 e. The molecule has 2 unspecified atom stereocenters. The lowest BCUT2D eigenvalue weighted by molar-refractivity contribution is 0.00303. The average Bonchev–Trinajstić information content (AvgIpc) is 2.55. The molecule has 0 aromatic rings. The second kappa shape index (κ2) is 6.31. The third-order valence-electron chi connectivity index (χ3n) is 4.17. The Bertz CT molecular complexity index is 245. The summed E-state index contributed by atoms with van der Waals surface area (Å²) in [6.07, 6.45) is 2.96. The van der Waals surface area contributed by atoms with Gasteiger partial charge >= 0.3 is 0 Å². The Kier molecular flexibility index (Phi) is 5.57. The van der Waals surface area contributed by atoms with E-state index >= 15 is 0 Å². The van der Waals surface area contributed by atoms with E-state index in [0.29, 0.717) is 12.3 Å². The Morgan fingerprint density at radius 1 is 1.33 bits per heavy atom. The van der Waals surface area contributed by atoms with Crippen molar-refractivity contribution in [3.8, 4) is 0 Å². The fourth-order valence-corrected chi connectivity index (χ4v) is 2.84. The van der Waals surface area contributed by atoms with Crippen molar-refractivity contribution in [2.75, 3.05) is 13.1 Å². The lowest BCUT2D eigenvalue weighted by atomic mass is 9.75. The number of hydrogen-bond acceptors (Lipinski definition) is 1. The molecule has 1 aliphatic carbocycles. The Morgan fingerprint density at radius 3 is 2.44 bits per heavy atom. The zero-order chi connectivity index (χ0) is 13.8. The SMILES string of the molecule is CCCNCC(CC1CCC(F)(F)C1)C(C)(C)C. The van der Waals surface area contributed by atoms with Crippen LogP contribution >= 0.6 is 0 Å². The van der Waals surface area contributed by atoms with Crippen molar-refractivity contribution in [1.29, 1.82) is 0 Å². The molecule has 0 bridgehead atoms. The maximum atomic E-state index is 13.2. The predicted octanol–water partition coefficient (Wildman–Crippen LogP) is 4.47. The van der Waals surface area contributed by atoms with Crippen molar-refractivity contribution in [2.45, 2.75) is 65.7 Å². The molecule has 1 saturated carbocycles. The molecule has 0 spiro atoms. The Morgan fingerprint density at radius 2 is 2.00 bits per heavy atom. The third kappa shape index (κ3) is 5.21. The van der Waals surface area contributed by atoms with Gasteiger partial charge in [-0.05, 0) is 49.6 Å². The molecule has 3 heteroatoms. The number of hydrogen-bond donors (Lipinski definition) is 1. The van der Waals surface area contributed by atoms with E-state index in [1.165, 1.54) is 0 Å². The highest BCUT2D eigenvalue weighted by molar-refractivity contribution is 4.86. The molecule has 1 rings (SSSR count). The molecular weight excluding hydrogens is 232 g/mol. The summed E-state index contributed by atoms with van der Waals surface area (Å²) in [5.41, 5.74) is 0.193. The van der Waals surface area contributed by atoms with Crippen LogP contribution in [0.15, 0.2) is 0 Å². The summed E-state index contributed by atoms with van der Waals surface area (Å²) in [4.78, 5) is 0. The van der Waals surface area contributed by atoms with Gasteiger partial charge in [0.25, 0.3) is 0 Å². The van der Waals surface area contributed by atoms with Crippen LogP contribution in [0, 0.1) is 17.3 Å². The summed E-state index contributed by atoms with van der Waals surface area (Å²) in [6.45, 7) is 10.8. The number of nitrogens with one attached hydrogen (secondary N) is 1. The zero-order valence-corrected chi connectivity index (χ0v) is 12.4. The van der Waals surface area contributed by atoms with Crippen LogP contribution in [-0.4, -0.2) is 19.0 Å². The van der Waals surface area contributed by atoms with Crippen LogP contribution in [0.4, 0.5) is 8.78 Å². The van der Waals surface area contributed by atoms with Gasteiger partial charge < -0.3 is 5.32 Å². The van der Waals surface area contributed by atoms with Crippen LogP contribution < -0.4 is 5.32 Å².